The normalized spacial score (nSPS) is 19.2. The molecule has 0 radical (unpaired) electrons. The van der Waals surface area contributed by atoms with E-state index in [9.17, 15) is 26.4 Å². The summed E-state index contributed by atoms with van der Waals surface area (Å²) < 4.78 is 64.0. The van der Waals surface area contributed by atoms with Crippen molar-refractivity contribution in [1.82, 2.24) is 20.2 Å². The maximum absolute atomic E-state index is 13.2. The van der Waals surface area contributed by atoms with Gasteiger partial charge in [-0.3, -0.25) is 9.78 Å². The Kier molecular flexibility index (Phi) is 10.8. The van der Waals surface area contributed by atoms with Gasteiger partial charge in [0.05, 0.1) is 16.7 Å². The molecule has 1 aliphatic heterocycles. The number of aromatic nitrogens is 2. The van der Waals surface area contributed by atoms with Crippen molar-refractivity contribution >= 4 is 21.7 Å². The number of benzene rings is 1. The zero-order chi connectivity index (χ0) is 31.9. The predicted octanol–water partition coefficient (Wildman–Crippen LogP) is 4.93. The number of aliphatic carboxylic acids is 1. The maximum atomic E-state index is 13.2. The van der Waals surface area contributed by atoms with Gasteiger partial charge in [-0.15, -0.1) is 0 Å². The first-order valence-electron chi connectivity index (χ1n) is 14.3. The number of carboxylic acid groups (broad SMARTS) is 1. The second-order valence-corrected chi connectivity index (χ2v) is 13.2. The molecule has 1 aliphatic carbocycles. The molecule has 0 unspecified atom stereocenters. The van der Waals surface area contributed by atoms with E-state index in [0.29, 0.717) is 41.1 Å². The fourth-order valence-electron chi connectivity index (χ4n) is 5.42. The summed E-state index contributed by atoms with van der Waals surface area (Å²) in [7, 11) is -3.32. The van der Waals surface area contributed by atoms with Gasteiger partial charge in [-0.25, -0.2) is 18.2 Å². The van der Waals surface area contributed by atoms with E-state index in [4.69, 9.17) is 14.3 Å². The van der Waals surface area contributed by atoms with E-state index >= 15 is 0 Å². The van der Waals surface area contributed by atoms with Crippen LogP contribution in [0.4, 0.5) is 13.2 Å². The number of sulfone groups is 1. The molecule has 10 nitrogen and oxygen atoms in total. The van der Waals surface area contributed by atoms with Gasteiger partial charge in [0.2, 0.25) is 5.89 Å². The summed E-state index contributed by atoms with van der Waals surface area (Å²) in [6, 6.07) is 11.2. The molecule has 0 spiro atoms. The van der Waals surface area contributed by atoms with Crippen molar-refractivity contribution in [3.8, 4) is 11.5 Å². The SMILES string of the molecule is Cc1oc(-c2ccc(C(=O)NCc3cccnc3)cc2)nc1CS(=O)(=O)C1CCC(N2CCCC2)CC1.O=C(O)C(F)(F)F. The molecule has 1 aromatic carbocycles. The van der Waals surface area contributed by atoms with Gasteiger partial charge in [0.1, 0.15) is 5.76 Å². The minimum Gasteiger partial charge on any atom is -0.475 e. The number of carboxylic acids is 1. The maximum Gasteiger partial charge on any atom is 0.490 e. The van der Waals surface area contributed by atoms with Gasteiger partial charge in [0, 0.05) is 36.1 Å². The molecule has 238 valence electrons. The van der Waals surface area contributed by atoms with Crippen LogP contribution in [0.25, 0.3) is 11.5 Å². The Morgan fingerprint density at radius 2 is 1.70 bits per heavy atom. The second-order valence-electron chi connectivity index (χ2n) is 10.9. The number of halogens is 3. The van der Waals surface area contributed by atoms with E-state index in [0.717, 1.165) is 44.3 Å². The summed E-state index contributed by atoms with van der Waals surface area (Å²) in [4.78, 5) is 32.5. The third-order valence-corrected chi connectivity index (χ3v) is 10.0. The molecule has 2 N–H and O–H groups in total. The lowest BCUT2D eigenvalue weighted by Gasteiger charge is -2.34. The molecule has 2 fully saturated rings. The van der Waals surface area contributed by atoms with Crippen LogP contribution in [0.15, 0.2) is 53.2 Å². The quantitative estimate of drug-likeness (QED) is 0.352. The van der Waals surface area contributed by atoms with E-state index in [-0.39, 0.29) is 16.9 Å². The van der Waals surface area contributed by atoms with E-state index in [1.807, 2.05) is 12.1 Å². The predicted molar refractivity (Wildman–Crippen MR) is 155 cm³/mol. The number of pyridine rings is 1. The zero-order valence-electron chi connectivity index (χ0n) is 24.2. The standard InChI is InChI=1S/C28H34N4O4S.C2HF3O2/c1-20-26(19-37(34,35)25-12-10-24(11-13-25)32-15-2-3-16-32)31-28(36-20)23-8-6-22(7-9-23)27(33)30-18-21-5-4-14-29-17-21;3-2(4,5)1(6)7/h4-9,14,17,24-25H,2-3,10-13,15-16,18-19H2,1H3,(H,30,33);(H,6,7). The smallest absolute Gasteiger partial charge is 0.475 e. The minimum absolute atomic E-state index is 0.101. The number of hydrogen-bond donors (Lipinski definition) is 2. The van der Waals surface area contributed by atoms with Crippen molar-refractivity contribution in [3.63, 3.8) is 0 Å². The minimum atomic E-state index is -5.08. The third-order valence-electron chi connectivity index (χ3n) is 7.85. The van der Waals surface area contributed by atoms with Crippen LogP contribution < -0.4 is 5.32 Å². The Labute approximate surface area is 253 Å². The number of carbonyl (C=O) groups excluding carboxylic acids is 1. The van der Waals surface area contributed by atoms with Gasteiger partial charge < -0.3 is 19.7 Å². The van der Waals surface area contributed by atoms with Crippen molar-refractivity contribution in [2.24, 2.45) is 0 Å². The molecule has 1 saturated heterocycles. The summed E-state index contributed by atoms with van der Waals surface area (Å²) in [5.74, 6) is -2.17. The highest BCUT2D eigenvalue weighted by Gasteiger charge is 2.38. The van der Waals surface area contributed by atoms with Gasteiger partial charge in [0.15, 0.2) is 9.84 Å². The Hall–Kier alpha value is -3.78. The highest BCUT2D eigenvalue weighted by atomic mass is 32.2. The molecule has 3 heterocycles. The topological polar surface area (TPSA) is 143 Å². The Morgan fingerprint density at radius 1 is 1.07 bits per heavy atom. The van der Waals surface area contributed by atoms with Crippen LogP contribution in [0.2, 0.25) is 0 Å². The lowest BCUT2D eigenvalue weighted by molar-refractivity contribution is -0.192. The monoisotopic (exact) mass is 636 g/mol. The summed E-state index contributed by atoms with van der Waals surface area (Å²) in [5, 5.41) is 9.69. The lowest BCUT2D eigenvalue weighted by Crippen LogP contribution is -2.39. The number of aryl methyl sites for hydroxylation is 1. The molecule has 5 rings (SSSR count). The molecular weight excluding hydrogens is 601 g/mol. The summed E-state index contributed by atoms with van der Waals surface area (Å²) in [6.45, 7) is 4.46. The van der Waals surface area contributed by atoms with Crippen molar-refractivity contribution in [3.05, 3.63) is 71.4 Å². The first-order chi connectivity index (χ1) is 20.8. The van der Waals surface area contributed by atoms with Gasteiger partial charge in [-0.2, -0.15) is 13.2 Å². The summed E-state index contributed by atoms with van der Waals surface area (Å²) in [5.41, 5.74) is 2.60. The molecular formula is C30H35F3N4O6S. The van der Waals surface area contributed by atoms with Crippen LogP contribution in [-0.2, 0) is 26.9 Å². The molecule has 0 atom stereocenters. The fourth-order valence-corrected chi connectivity index (χ4v) is 7.30. The summed E-state index contributed by atoms with van der Waals surface area (Å²) >= 11 is 0. The number of amides is 1. The van der Waals surface area contributed by atoms with Crippen molar-refractivity contribution < 1.29 is 40.7 Å². The number of likely N-dealkylation sites (tertiary alicyclic amines) is 1. The Bertz CT molecular complexity index is 1510. The first-order valence-corrected chi connectivity index (χ1v) is 16.0. The molecule has 1 amide bonds. The highest BCUT2D eigenvalue weighted by Crippen LogP contribution is 2.32. The van der Waals surface area contributed by atoms with Crippen LogP contribution in [0.1, 0.15) is 65.9 Å². The number of alkyl halides is 3. The first kappa shape index (κ1) is 33.1. The molecule has 0 bridgehead atoms. The molecule has 3 aromatic rings. The van der Waals surface area contributed by atoms with Crippen molar-refractivity contribution in [2.75, 3.05) is 13.1 Å². The fraction of sp³-hybridized carbons (Fsp3) is 0.467. The number of hydrogen-bond acceptors (Lipinski definition) is 8. The number of carbonyl (C=O) groups is 2. The zero-order valence-corrected chi connectivity index (χ0v) is 25.0. The number of nitrogens with zero attached hydrogens (tertiary/aromatic N) is 3. The van der Waals surface area contributed by atoms with Crippen LogP contribution in [0, 0.1) is 6.92 Å². The Morgan fingerprint density at radius 3 is 2.27 bits per heavy atom. The molecule has 2 aliphatic rings. The average molecular weight is 637 g/mol. The molecule has 1 saturated carbocycles. The average Bonchev–Trinajstić information content (AvgIpc) is 3.67. The Balaban J connectivity index is 0.000000566. The van der Waals surface area contributed by atoms with E-state index in [2.05, 4.69) is 20.2 Å². The van der Waals surface area contributed by atoms with Crippen molar-refractivity contribution in [2.45, 2.75) is 75.2 Å². The van der Waals surface area contributed by atoms with E-state index < -0.39 is 22.0 Å². The highest BCUT2D eigenvalue weighted by molar-refractivity contribution is 7.91. The van der Waals surface area contributed by atoms with Crippen LogP contribution in [-0.4, -0.2) is 70.8 Å². The lowest BCUT2D eigenvalue weighted by atomic mass is 9.94. The number of oxazole rings is 1. The molecule has 14 heteroatoms. The summed E-state index contributed by atoms with van der Waals surface area (Å²) in [6.07, 6.45) is 4.18. The van der Waals surface area contributed by atoms with Gasteiger partial charge in [-0.1, -0.05) is 6.07 Å². The third kappa shape index (κ3) is 8.88. The molecule has 44 heavy (non-hydrogen) atoms. The number of rotatable bonds is 8. The largest absolute Gasteiger partial charge is 0.490 e. The van der Waals surface area contributed by atoms with Crippen LogP contribution in [0.5, 0.6) is 0 Å². The van der Waals surface area contributed by atoms with E-state index in [1.54, 1.807) is 43.6 Å². The van der Waals surface area contributed by atoms with Gasteiger partial charge in [-0.05, 0) is 94.4 Å². The van der Waals surface area contributed by atoms with Crippen LogP contribution in [0.3, 0.4) is 0 Å². The van der Waals surface area contributed by atoms with Gasteiger partial charge in [0.25, 0.3) is 5.91 Å². The molecule has 2 aromatic heterocycles. The van der Waals surface area contributed by atoms with Crippen LogP contribution >= 0.6 is 0 Å². The number of nitrogens with one attached hydrogen (secondary N) is 1. The van der Waals surface area contributed by atoms with Gasteiger partial charge >= 0.3 is 12.1 Å². The van der Waals surface area contributed by atoms with E-state index in [1.165, 1.54) is 12.8 Å². The van der Waals surface area contributed by atoms with Crippen molar-refractivity contribution in [1.29, 1.82) is 0 Å². The second kappa shape index (κ2) is 14.3.